The molecule has 1 aromatic rings. The zero-order valence-corrected chi connectivity index (χ0v) is 46.1. The lowest BCUT2D eigenvalue weighted by atomic mass is 10.1. The van der Waals surface area contributed by atoms with E-state index in [9.17, 15) is 5.11 Å². The number of rotatable bonds is 50. The first-order valence-corrected chi connectivity index (χ1v) is 34.1. The van der Waals surface area contributed by atoms with E-state index in [2.05, 4.69) is 69.1 Å². The number of unbranched alkanes of at least 4 members (excludes halogenated alkanes) is 24. The lowest BCUT2D eigenvalue weighted by Gasteiger charge is -2.30. The third-order valence-electron chi connectivity index (χ3n) is 12.9. The predicted octanol–water partition coefficient (Wildman–Crippen LogP) is 15.8. The SMILES string of the molecule is CCCCCCCCOC(CCCCCN(CCCCCC(OCCCCCCCC)O[Si](C)(C)CCCCCCCC)Cc1cn(CCO)nn1)O[Si](C)(C)CCCCCCCC. The second kappa shape index (κ2) is 42.4. The molecule has 2 atom stereocenters. The van der Waals surface area contributed by atoms with E-state index in [0.29, 0.717) is 6.54 Å². The second-order valence-electron chi connectivity index (χ2n) is 20.6. The molecular weight excluding hydrogens is 829 g/mol. The molecule has 0 aliphatic heterocycles. The van der Waals surface area contributed by atoms with Gasteiger partial charge in [0, 0.05) is 26.0 Å². The van der Waals surface area contributed by atoms with Crippen LogP contribution in [-0.4, -0.2) is 87.1 Å². The Bertz CT molecular complexity index is 1070. The molecule has 2 unspecified atom stereocenters. The molecule has 1 rings (SSSR count). The Labute approximate surface area is 400 Å². The monoisotopic (exact) mass is 939 g/mol. The smallest absolute Gasteiger partial charge is 0.190 e. The number of hydrogen-bond acceptors (Lipinski definition) is 8. The van der Waals surface area contributed by atoms with Gasteiger partial charge in [-0.25, -0.2) is 4.68 Å². The van der Waals surface area contributed by atoms with Crippen molar-refractivity contribution in [2.24, 2.45) is 0 Å². The third-order valence-corrected chi connectivity index (χ3v) is 17.8. The van der Waals surface area contributed by atoms with Crippen LogP contribution in [0.25, 0.3) is 0 Å². The number of hydrogen-bond donors (Lipinski definition) is 1. The van der Waals surface area contributed by atoms with E-state index in [-0.39, 0.29) is 19.2 Å². The highest BCUT2D eigenvalue weighted by Gasteiger charge is 2.28. The third kappa shape index (κ3) is 37.3. The Balaban J connectivity index is 2.76. The van der Waals surface area contributed by atoms with Crippen LogP contribution < -0.4 is 0 Å². The van der Waals surface area contributed by atoms with E-state index in [1.165, 1.54) is 166 Å². The zero-order chi connectivity index (χ0) is 46.8. The Morgan fingerprint density at radius 3 is 1.30 bits per heavy atom. The van der Waals surface area contributed by atoms with Crippen LogP contribution in [0.5, 0.6) is 0 Å². The summed E-state index contributed by atoms with van der Waals surface area (Å²) in [6, 6.07) is 2.46. The predicted molar refractivity (Wildman–Crippen MR) is 279 cm³/mol. The minimum Gasteiger partial charge on any atom is -0.394 e. The van der Waals surface area contributed by atoms with Crippen LogP contribution in [0.15, 0.2) is 6.20 Å². The normalized spacial score (nSPS) is 13.4. The van der Waals surface area contributed by atoms with Gasteiger partial charge in [-0.2, -0.15) is 0 Å². The van der Waals surface area contributed by atoms with Gasteiger partial charge in [-0.3, -0.25) is 4.90 Å². The van der Waals surface area contributed by atoms with Gasteiger partial charge < -0.3 is 23.4 Å². The van der Waals surface area contributed by atoms with E-state index in [4.69, 9.17) is 18.3 Å². The van der Waals surface area contributed by atoms with Crippen LogP contribution in [0.3, 0.4) is 0 Å². The second-order valence-corrected chi connectivity index (χ2v) is 29.1. The molecule has 11 heteroatoms. The lowest BCUT2D eigenvalue weighted by Crippen LogP contribution is -2.37. The molecule has 0 aromatic carbocycles. The summed E-state index contributed by atoms with van der Waals surface area (Å²) in [4.78, 5) is 2.58. The van der Waals surface area contributed by atoms with Crippen molar-refractivity contribution in [3.05, 3.63) is 11.9 Å². The number of ether oxygens (including phenoxy) is 2. The first-order chi connectivity index (χ1) is 31.1. The highest BCUT2D eigenvalue weighted by atomic mass is 28.4. The van der Waals surface area contributed by atoms with E-state index in [1.807, 2.05) is 6.20 Å². The number of aliphatic hydroxyl groups excluding tert-OH is 1. The van der Waals surface area contributed by atoms with Crippen LogP contribution in [0.4, 0.5) is 0 Å². The van der Waals surface area contributed by atoms with Gasteiger partial charge in [0.05, 0.1) is 18.8 Å². The topological polar surface area (TPSA) is 91.1 Å². The molecule has 0 saturated heterocycles. The van der Waals surface area contributed by atoms with Crippen molar-refractivity contribution in [3.63, 3.8) is 0 Å². The van der Waals surface area contributed by atoms with Gasteiger partial charge >= 0.3 is 0 Å². The zero-order valence-electron chi connectivity index (χ0n) is 44.1. The van der Waals surface area contributed by atoms with Gasteiger partial charge in [0.1, 0.15) is 12.6 Å². The number of aliphatic hydroxyl groups is 1. The Hall–Kier alpha value is -0.666. The van der Waals surface area contributed by atoms with E-state index in [0.717, 1.165) is 89.9 Å². The molecule has 1 aromatic heterocycles. The molecular formula is C53H110N4O5Si2. The fraction of sp³-hybridized carbons (Fsp3) is 0.962. The van der Waals surface area contributed by atoms with Gasteiger partial charge in [-0.05, 0) is 103 Å². The van der Waals surface area contributed by atoms with E-state index >= 15 is 0 Å². The molecule has 380 valence electrons. The fourth-order valence-electron chi connectivity index (χ4n) is 8.81. The van der Waals surface area contributed by atoms with Crippen LogP contribution in [0.1, 0.15) is 239 Å². The Kier molecular flexibility index (Phi) is 40.7. The summed E-state index contributed by atoms with van der Waals surface area (Å²) in [6.07, 6.45) is 42.1. The molecule has 0 aliphatic rings. The Morgan fingerprint density at radius 1 is 0.516 bits per heavy atom. The van der Waals surface area contributed by atoms with Gasteiger partial charge in [-0.1, -0.05) is 187 Å². The van der Waals surface area contributed by atoms with Crippen molar-refractivity contribution < 1.29 is 23.4 Å². The first kappa shape index (κ1) is 61.3. The summed E-state index contributed by atoms with van der Waals surface area (Å²) in [5.74, 6) is 0. The van der Waals surface area contributed by atoms with E-state index in [1.54, 1.807) is 4.68 Å². The van der Waals surface area contributed by atoms with Crippen LogP contribution >= 0.6 is 0 Å². The fourth-order valence-corrected chi connectivity index (χ4v) is 13.0. The molecule has 0 radical (unpaired) electrons. The summed E-state index contributed by atoms with van der Waals surface area (Å²) < 4.78 is 28.6. The van der Waals surface area contributed by atoms with Crippen molar-refractivity contribution >= 4 is 16.6 Å². The molecule has 0 spiro atoms. The average molecular weight is 940 g/mol. The molecule has 64 heavy (non-hydrogen) atoms. The summed E-state index contributed by atoms with van der Waals surface area (Å²) in [5, 5.41) is 18.2. The molecule has 0 aliphatic carbocycles. The standard InChI is InChI=1S/C53H110N4O5Si2/c1-9-13-17-21-25-35-45-59-52(61-63(5,6)47-37-27-23-19-15-11-3)39-31-29-33-41-56(49-51-50-57(43-44-58)55-54-51)42-34-30-32-40-53(60-46-36-26-22-18-14-10-2)62-64(7,8)48-38-28-24-20-16-12-4/h50,52-53,58H,9-49H2,1-8H3. The molecule has 0 amide bonds. The molecule has 9 nitrogen and oxygen atoms in total. The molecule has 1 N–H and O–H groups in total. The quantitative estimate of drug-likeness (QED) is 0.0392. The largest absolute Gasteiger partial charge is 0.394 e. The van der Waals surface area contributed by atoms with Crippen molar-refractivity contribution in [1.29, 1.82) is 0 Å². The summed E-state index contributed by atoms with van der Waals surface area (Å²) in [5.41, 5.74) is 0.983. The molecule has 1 heterocycles. The molecule has 0 bridgehead atoms. The average Bonchev–Trinajstić information content (AvgIpc) is 3.71. The highest BCUT2D eigenvalue weighted by Crippen LogP contribution is 2.24. The first-order valence-electron chi connectivity index (χ1n) is 27.9. The maximum Gasteiger partial charge on any atom is 0.190 e. The number of aromatic nitrogens is 3. The maximum atomic E-state index is 9.47. The van der Waals surface area contributed by atoms with Gasteiger partial charge in [0.25, 0.3) is 0 Å². The van der Waals surface area contributed by atoms with Crippen LogP contribution in [0.2, 0.25) is 38.3 Å². The molecule has 0 fully saturated rings. The van der Waals surface area contributed by atoms with Crippen molar-refractivity contribution in [2.75, 3.05) is 32.9 Å². The van der Waals surface area contributed by atoms with E-state index < -0.39 is 16.6 Å². The summed E-state index contributed by atoms with van der Waals surface area (Å²) >= 11 is 0. The van der Waals surface area contributed by atoms with Crippen molar-refractivity contribution in [2.45, 2.75) is 297 Å². The Morgan fingerprint density at radius 2 is 0.891 bits per heavy atom. The minimum absolute atomic E-state index is 0.0681. The minimum atomic E-state index is -1.80. The van der Waals surface area contributed by atoms with Crippen molar-refractivity contribution in [1.82, 2.24) is 19.9 Å². The van der Waals surface area contributed by atoms with Gasteiger partial charge in [0.15, 0.2) is 16.6 Å². The van der Waals surface area contributed by atoms with Gasteiger partial charge in [0.2, 0.25) is 0 Å². The lowest BCUT2D eigenvalue weighted by molar-refractivity contribution is -0.0929. The summed E-state index contributed by atoms with van der Waals surface area (Å²) in [6.45, 7) is 23.9. The summed E-state index contributed by atoms with van der Waals surface area (Å²) in [7, 11) is -3.60. The highest BCUT2D eigenvalue weighted by molar-refractivity contribution is 6.71. The van der Waals surface area contributed by atoms with Crippen molar-refractivity contribution in [3.8, 4) is 0 Å². The maximum absolute atomic E-state index is 9.47. The van der Waals surface area contributed by atoms with Gasteiger partial charge in [-0.15, -0.1) is 5.10 Å². The van der Waals surface area contributed by atoms with Crippen LogP contribution in [-0.2, 0) is 31.4 Å². The molecule has 0 saturated carbocycles. The van der Waals surface area contributed by atoms with Crippen LogP contribution in [0, 0.1) is 0 Å². The number of nitrogens with zero attached hydrogens (tertiary/aromatic N) is 4.